The monoisotopic (exact) mass is 259 g/mol. The Bertz CT molecular complexity index is 423. The fraction of sp³-hybridized carbons (Fsp3) is 1.00. The lowest BCUT2D eigenvalue weighted by atomic mass is 9.71. The molecule has 1 saturated heterocycles. The summed E-state index contributed by atoms with van der Waals surface area (Å²) in [5.41, 5.74) is -0.234. The van der Waals surface area contributed by atoms with E-state index in [-0.39, 0.29) is 11.6 Å². The van der Waals surface area contributed by atoms with E-state index < -0.39 is 14.8 Å². The highest BCUT2D eigenvalue weighted by molar-refractivity contribution is 7.90. The fourth-order valence-electron chi connectivity index (χ4n) is 3.26. The lowest BCUT2D eigenvalue weighted by molar-refractivity contribution is -0.0190. The second kappa shape index (κ2) is 3.45. The molecule has 4 nitrogen and oxygen atoms in total. The number of hydrogen-bond acceptors (Lipinski definition) is 3. The molecule has 17 heavy (non-hydrogen) atoms. The van der Waals surface area contributed by atoms with Gasteiger partial charge in [-0.25, -0.2) is 8.42 Å². The van der Waals surface area contributed by atoms with Gasteiger partial charge in [-0.1, -0.05) is 0 Å². The third-order valence-corrected chi connectivity index (χ3v) is 7.77. The Kier molecular flexibility index (Phi) is 2.42. The predicted molar refractivity (Wildman–Crippen MR) is 65.1 cm³/mol. The van der Waals surface area contributed by atoms with E-state index in [0.717, 1.165) is 32.1 Å². The maximum Gasteiger partial charge on any atom is 0.220 e. The third-order valence-electron chi connectivity index (χ3n) is 4.96. The van der Waals surface area contributed by atoms with Crippen LogP contribution in [0.1, 0.15) is 51.9 Å². The number of aliphatic hydroxyl groups is 1. The van der Waals surface area contributed by atoms with Crippen LogP contribution in [0.3, 0.4) is 0 Å². The van der Waals surface area contributed by atoms with E-state index in [1.165, 1.54) is 0 Å². The third kappa shape index (κ3) is 1.59. The van der Waals surface area contributed by atoms with Gasteiger partial charge < -0.3 is 5.11 Å². The zero-order chi connectivity index (χ0) is 12.3. The molecule has 1 spiro atoms. The van der Waals surface area contributed by atoms with E-state index in [1.54, 1.807) is 4.31 Å². The lowest BCUT2D eigenvalue weighted by Gasteiger charge is -2.54. The molecule has 0 radical (unpaired) electrons. The minimum Gasteiger partial charge on any atom is -0.393 e. The molecule has 0 aromatic heterocycles. The van der Waals surface area contributed by atoms with Crippen LogP contribution in [-0.4, -0.2) is 40.8 Å². The molecule has 3 fully saturated rings. The highest BCUT2D eigenvalue weighted by Crippen LogP contribution is 2.52. The van der Waals surface area contributed by atoms with Crippen LogP contribution >= 0.6 is 0 Å². The van der Waals surface area contributed by atoms with Gasteiger partial charge in [0, 0.05) is 12.1 Å². The second-order valence-corrected chi connectivity index (χ2v) is 8.63. The number of rotatable bonds is 2. The van der Waals surface area contributed by atoms with Gasteiger partial charge in [-0.3, -0.25) is 0 Å². The summed E-state index contributed by atoms with van der Waals surface area (Å²) in [6.07, 6.45) is 5.47. The summed E-state index contributed by atoms with van der Waals surface area (Å²) in [4.78, 5) is 0. The molecule has 1 unspecified atom stereocenters. The van der Waals surface area contributed by atoms with Crippen molar-refractivity contribution in [2.24, 2.45) is 0 Å². The van der Waals surface area contributed by atoms with Crippen molar-refractivity contribution in [2.75, 3.05) is 6.54 Å². The minimum atomic E-state index is -3.16. The summed E-state index contributed by atoms with van der Waals surface area (Å²) in [5, 5.41) is 9.79. The van der Waals surface area contributed by atoms with Crippen molar-refractivity contribution in [3.63, 3.8) is 0 Å². The molecule has 1 atom stereocenters. The molecule has 1 N–H and O–H groups in total. The standard InChI is InChI=1S/C12H21NO3S/c1-11(6-7-11)17(15,16)13-8-3-10(14)9-12(13)4-2-5-12/h10,14H,2-9H2,1H3. The average Bonchev–Trinajstić information content (AvgIpc) is 2.95. The van der Waals surface area contributed by atoms with Crippen LogP contribution < -0.4 is 0 Å². The van der Waals surface area contributed by atoms with Crippen LogP contribution in [0.25, 0.3) is 0 Å². The van der Waals surface area contributed by atoms with Gasteiger partial charge in [0.25, 0.3) is 0 Å². The lowest BCUT2D eigenvalue weighted by Crippen LogP contribution is -2.62. The fourth-order valence-corrected chi connectivity index (χ4v) is 5.52. The first-order valence-electron chi connectivity index (χ1n) is 6.60. The number of piperidine rings is 1. The van der Waals surface area contributed by atoms with Crippen molar-refractivity contribution in [1.29, 1.82) is 0 Å². The van der Waals surface area contributed by atoms with Gasteiger partial charge in [0.05, 0.1) is 10.9 Å². The van der Waals surface area contributed by atoms with Crippen LogP contribution in [0.5, 0.6) is 0 Å². The highest BCUT2D eigenvalue weighted by Gasteiger charge is 2.59. The molecule has 0 bridgehead atoms. The van der Waals surface area contributed by atoms with E-state index in [1.807, 2.05) is 6.92 Å². The highest BCUT2D eigenvalue weighted by atomic mass is 32.2. The SMILES string of the molecule is CC1(S(=O)(=O)N2CCC(O)CC23CCC3)CC1. The molecule has 1 heterocycles. The Morgan fingerprint density at radius 1 is 1.24 bits per heavy atom. The molecule has 3 rings (SSSR count). The summed E-state index contributed by atoms with van der Waals surface area (Å²) in [6.45, 7) is 2.37. The zero-order valence-corrected chi connectivity index (χ0v) is 11.2. The van der Waals surface area contributed by atoms with Gasteiger partial charge in [0.2, 0.25) is 10.0 Å². The van der Waals surface area contributed by atoms with Gasteiger partial charge in [-0.2, -0.15) is 4.31 Å². The second-order valence-electron chi connectivity index (χ2n) is 6.25. The maximum atomic E-state index is 12.6. The maximum absolute atomic E-state index is 12.6. The van der Waals surface area contributed by atoms with E-state index >= 15 is 0 Å². The van der Waals surface area contributed by atoms with E-state index in [0.29, 0.717) is 19.4 Å². The summed E-state index contributed by atoms with van der Waals surface area (Å²) >= 11 is 0. The van der Waals surface area contributed by atoms with Crippen molar-refractivity contribution >= 4 is 10.0 Å². The first kappa shape index (κ1) is 11.9. The summed E-state index contributed by atoms with van der Waals surface area (Å²) in [5.74, 6) is 0. The molecule has 3 aliphatic rings. The zero-order valence-electron chi connectivity index (χ0n) is 10.4. The number of aliphatic hydroxyl groups excluding tert-OH is 1. The van der Waals surface area contributed by atoms with Crippen LogP contribution in [0.2, 0.25) is 0 Å². The average molecular weight is 259 g/mol. The van der Waals surface area contributed by atoms with E-state index in [2.05, 4.69) is 0 Å². The summed E-state index contributed by atoms with van der Waals surface area (Å²) < 4.78 is 26.5. The van der Waals surface area contributed by atoms with Gasteiger partial charge in [-0.15, -0.1) is 0 Å². The Morgan fingerprint density at radius 3 is 2.35 bits per heavy atom. The van der Waals surface area contributed by atoms with E-state index in [4.69, 9.17) is 0 Å². The molecule has 2 saturated carbocycles. The Balaban J connectivity index is 1.91. The summed E-state index contributed by atoms with van der Waals surface area (Å²) in [6, 6.07) is 0. The number of nitrogens with zero attached hydrogens (tertiary/aromatic N) is 1. The van der Waals surface area contributed by atoms with Gasteiger partial charge in [0.1, 0.15) is 0 Å². The number of hydrogen-bond donors (Lipinski definition) is 1. The minimum absolute atomic E-state index is 0.234. The van der Waals surface area contributed by atoms with Crippen LogP contribution in [-0.2, 0) is 10.0 Å². The van der Waals surface area contributed by atoms with Crippen LogP contribution in [0.15, 0.2) is 0 Å². The first-order chi connectivity index (χ1) is 7.90. The molecule has 2 aliphatic carbocycles. The van der Waals surface area contributed by atoms with Crippen LogP contribution in [0.4, 0.5) is 0 Å². The van der Waals surface area contributed by atoms with Gasteiger partial charge in [-0.05, 0) is 51.9 Å². The molecule has 0 amide bonds. The molecule has 98 valence electrons. The smallest absolute Gasteiger partial charge is 0.220 e. The Labute approximate surface area is 103 Å². The van der Waals surface area contributed by atoms with Crippen molar-refractivity contribution in [1.82, 2.24) is 4.31 Å². The normalized spacial score (nSPS) is 35.5. The Hall–Kier alpha value is -0.130. The molecule has 1 aliphatic heterocycles. The first-order valence-corrected chi connectivity index (χ1v) is 8.04. The van der Waals surface area contributed by atoms with Crippen molar-refractivity contribution in [3.8, 4) is 0 Å². The van der Waals surface area contributed by atoms with Crippen molar-refractivity contribution < 1.29 is 13.5 Å². The molecular weight excluding hydrogens is 238 g/mol. The molecule has 0 aromatic carbocycles. The molecule has 5 heteroatoms. The quantitative estimate of drug-likeness (QED) is 0.812. The molecular formula is C12H21NO3S. The predicted octanol–water partition coefficient (Wildman–Crippen LogP) is 1.25. The van der Waals surface area contributed by atoms with Gasteiger partial charge in [0.15, 0.2) is 0 Å². The van der Waals surface area contributed by atoms with Crippen molar-refractivity contribution in [2.45, 2.75) is 68.3 Å². The van der Waals surface area contributed by atoms with Crippen LogP contribution in [0, 0.1) is 0 Å². The van der Waals surface area contributed by atoms with Crippen molar-refractivity contribution in [3.05, 3.63) is 0 Å². The molecule has 0 aromatic rings. The summed E-state index contributed by atoms with van der Waals surface area (Å²) in [7, 11) is -3.16. The Morgan fingerprint density at radius 2 is 1.88 bits per heavy atom. The number of sulfonamides is 1. The van der Waals surface area contributed by atoms with Gasteiger partial charge >= 0.3 is 0 Å². The topological polar surface area (TPSA) is 57.6 Å². The largest absolute Gasteiger partial charge is 0.393 e. The van der Waals surface area contributed by atoms with E-state index in [9.17, 15) is 13.5 Å².